The molecule has 0 spiro atoms. The smallest absolute Gasteiger partial charge is 0.258 e. The van der Waals surface area contributed by atoms with E-state index >= 15 is 8.78 Å². The lowest BCUT2D eigenvalue weighted by molar-refractivity contribution is -0.134. The molecule has 374 valence electrons. The van der Waals surface area contributed by atoms with E-state index in [-0.39, 0.29) is 24.0 Å². The van der Waals surface area contributed by atoms with Crippen molar-refractivity contribution in [3.05, 3.63) is 88.0 Å². The molecule has 1 atom stereocenters. The number of imide groups is 1. The Morgan fingerprint density at radius 3 is 2.23 bits per heavy atom. The van der Waals surface area contributed by atoms with Gasteiger partial charge in [0.25, 0.3) is 5.56 Å². The number of piperidine rings is 3. The molecule has 3 aromatic carbocycles. The average Bonchev–Trinajstić information content (AvgIpc) is 3.35. The number of ether oxygens (including phenoxy) is 1. The quantitative estimate of drug-likeness (QED) is 0.0666. The second kappa shape index (κ2) is 21.1. The van der Waals surface area contributed by atoms with E-state index in [9.17, 15) is 18.9 Å². The third-order valence-corrected chi connectivity index (χ3v) is 16.6. The van der Waals surface area contributed by atoms with Gasteiger partial charge in [0.15, 0.2) is 0 Å². The first-order valence-electron chi connectivity index (χ1n) is 24.9. The number of pyridine rings is 1. The molecule has 19 heteroatoms. The molecule has 1 unspecified atom stereocenters. The predicted molar refractivity (Wildman–Crippen MR) is 279 cm³/mol. The van der Waals surface area contributed by atoms with E-state index in [1.54, 1.807) is 45.8 Å². The number of aromatic nitrogens is 3. The molecule has 4 fully saturated rings. The Labute approximate surface area is 415 Å². The van der Waals surface area contributed by atoms with E-state index in [0.717, 1.165) is 109 Å². The van der Waals surface area contributed by atoms with Crippen LogP contribution in [0.3, 0.4) is 0 Å². The van der Waals surface area contributed by atoms with E-state index in [1.165, 1.54) is 28.5 Å². The van der Waals surface area contributed by atoms with Gasteiger partial charge < -0.3 is 39.2 Å². The van der Waals surface area contributed by atoms with Gasteiger partial charge in [-0.05, 0) is 118 Å². The molecular formula is C52H64BF2N10O5P. The molecule has 4 aliphatic heterocycles. The first kappa shape index (κ1) is 50.1. The molecule has 2 radical (unpaired) electrons. The van der Waals surface area contributed by atoms with E-state index in [2.05, 4.69) is 54.7 Å². The molecule has 71 heavy (non-hydrogen) atoms. The van der Waals surface area contributed by atoms with Gasteiger partial charge in [0.05, 0.1) is 24.4 Å². The van der Waals surface area contributed by atoms with Crippen molar-refractivity contribution in [2.24, 2.45) is 13.0 Å². The zero-order chi connectivity index (χ0) is 50.1. The van der Waals surface area contributed by atoms with E-state index in [1.807, 2.05) is 11.0 Å². The van der Waals surface area contributed by atoms with Crippen molar-refractivity contribution in [1.29, 1.82) is 0 Å². The minimum absolute atomic E-state index is 0.0663. The van der Waals surface area contributed by atoms with Crippen LogP contribution < -0.4 is 46.8 Å². The Kier molecular flexibility index (Phi) is 14.9. The Balaban J connectivity index is 0.758. The number of methoxy groups -OCH3 is 1. The molecular weight excluding hydrogens is 924 g/mol. The van der Waals surface area contributed by atoms with Crippen LogP contribution >= 0.6 is 7.14 Å². The molecule has 9 rings (SSSR count). The summed E-state index contributed by atoms with van der Waals surface area (Å²) in [5.41, 5.74) is 4.00. The van der Waals surface area contributed by atoms with Crippen molar-refractivity contribution in [3.8, 4) is 5.75 Å². The zero-order valence-corrected chi connectivity index (χ0v) is 42.3. The van der Waals surface area contributed by atoms with Crippen LogP contribution in [0.15, 0.2) is 59.7 Å². The third-order valence-electron chi connectivity index (χ3n) is 15.1. The molecule has 0 saturated carbocycles. The summed E-state index contributed by atoms with van der Waals surface area (Å²) in [4.78, 5) is 55.8. The summed E-state index contributed by atoms with van der Waals surface area (Å²) < 4.78 is 51.6. The number of fused-ring (bicyclic) bond motifs is 1. The largest absolute Gasteiger partial charge is 0.494 e. The molecule has 15 nitrogen and oxygen atoms in total. The number of carbonyl (C=O) groups excluding carboxylic acids is 2. The lowest BCUT2D eigenvalue weighted by Gasteiger charge is -2.44. The van der Waals surface area contributed by atoms with Crippen LogP contribution in [0.1, 0.15) is 68.9 Å². The lowest BCUT2D eigenvalue weighted by Crippen LogP contribution is -2.53. The van der Waals surface area contributed by atoms with Crippen LogP contribution in [0.5, 0.6) is 5.75 Å². The molecule has 0 bridgehead atoms. The topological polar surface area (TPSA) is 157 Å². The zero-order valence-electron chi connectivity index (χ0n) is 41.4. The summed E-state index contributed by atoms with van der Waals surface area (Å²) in [6.45, 7) is 14.1. The van der Waals surface area contributed by atoms with Gasteiger partial charge in [0, 0.05) is 123 Å². The van der Waals surface area contributed by atoms with Crippen molar-refractivity contribution in [2.75, 3.05) is 99.8 Å². The molecule has 3 N–H and O–H groups in total. The number of anilines is 6. The number of benzene rings is 3. The Morgan fingerprint density at radius 2 is 1.56 bits per heavy atom. The second-order valence-electron chi connectivity index (χ2n) is 19.9. The standard InChI is InChI=1S/C52H64BF2N10O5P/c1-6-33-27-43(58-52-56-31-39(53)49(60-52)57-42-9-7-37-36(48(42)71(4,5)69)16-17-61(2)51(37)68)45(70-3)30-44(33)65-21-14-34(15-22-65)64-25-23-62(24-26-64)18-11-32-12-19-63(20-13-32)35-28-40(54)47(41(55)29-35)38-8-10-46(66)59-50(38)67/h7,9,16-17,27-32,34,38H,6,8,10-15,18-26H2,1-5H3,(H,59,66,67)(H2,56,57,58,60). The lowest BCUT2D eigenvalue weighted by atomic mass is 9.89. The van der Waals surface area contributed by atoms with Crippen LogP contribution in [0.25, 0.3) is 10.8 Å². The molecule has 6 heterocycles. The van der Waals surface area contributed by atoms with Crippen LogP contribution in [0, 0.1) is 17.6 Å². The highest BCUT2D eigenvalue weighted by Crippen LogP contribution is 2.42. The Morgan fingerprint density at radius 1 is 0.859 bits per heavy atom. The maximum Gasteiger partial charge on any atom is 0.258 e. The molecule has 5 aromatic rings. The fourth-order valence-electron chi connectivity index (χ4n) is 11.1. The SMILES string of the molecule is [B]c1cnc(Nc2cc(CC)c(N3CCC(N4CCN(CCC5CCN(c6cc(F)c(C7CCC(=O)NC7=O)c(F)c6)CC5)CC4)CC3)cc2OC)nc1Nc1ccc2c(=O)n(C)ccc2c1P(C)(C)=O. The highest BCUT2D eigenvalue weighted by Gasteiger charge is 2.34. The normalized spacial score (nSPS) is 19.1. The Hall–Kier alpha value is -5.84. The van der Waals surface area contributed by atoms with Gasteiger partial charge >= 0.3 is 0 Å². The van der Waals surface area contributed by atoms with Gasteiger partial charge in [0.2, 0.25) is 17.8 Å². The van der Waals surface area contributed by atoms with Crippen molar-refractivity contribution in [2.45, 2.75) is 70.3 Å². The van der Waals surface area contributed by atoms with Gasteiger partial charge in [-0.15, -0.1) is 0 Å². The number of nitrogens with zero attached hydrogens (tertiary/aromatic N) is 7. The van der Waals surface area contributed by atoms with Crippen molar-refractivity contribution < 1.29 is 27.7 Å². The molecule has 2 amide bonds. The predicted octanol–water partition coefficient (Wildman–Crippen LogP) is 6.12. The summed E-state index contributed by atoms with van der Waals surface area (Å²) in [6, 6.07) is 12.7. The molecule has 2 aromatic heterocycles. The van der Waals surface area contributed by atoms with E-state index in [4.69, 9.17) is 17.6 Å². The van der Waals surface area contributed by atoms with Crippen molar-refractivity contribution >= 4 is 82.9 Å². The van der Waals surface area contributed by atoms with Crippen LogP contribution in [-0.2, 0) is 27.6 Å². The number of amides is 2. The maximum absolute atomic E-state index is 15.2. The van der Waals surface area contributed by atoms with Crippen LogP contribution in [0.4, 0.5) is 43.3 Å². The number of nitrogens with one attached hydrogen (secondary N) is 3. The monoisotopic (exact) mass is 988 g/mol. The first-order valence-corrected chi connectivity index (χ1v) is 27.5. The highest BCUT2D eigenvalue weighted by molar-refractivity contribution is 7.71. The summed E-state index contributed by atoms with van der Waals surface area (Å²) in [6.07, 6.45) is 9.37. The number of carbonyl (C=O) groups is 2. The summed E-state index contributed by atoms with van der Waals surface area (Å²) in [7, 11) is 6.86. The first-order chi connectivity index (χ1) is 34.1. The third kappa shape index (κ3) is 10.9. The second-order valence-corrected chi connectivity index (χ2v) is 23.1. The summed E-state index contributed by atoms with van der Waals surface area (Å²) in [5, 5.41) is 10.5. The highest BCUT2D eigenvalue weighted by atomic mass is 31.2. The molecule has 4 aliphatic rings. The molecule has 0 aliphatic carbocycles. The fourth-order valence-corrected chi connectivity index (χ4v) is 12.6. The summed E-state index contributed by atoms with van der Waals surface area (Å²) in [5.74, 6) is -1.67. The number of rotatable bonds is 14. The van der Waals surface area contributed by atoms with Crippen LogP contribution in [0.2, 0.25) is 0 Å². The fraction of sp³-hybridized carbons (Fsp3) is 0.481. The minimum Gasteiger partial charge on any atom is -0.494 e. The van der Waals surface area contributed by atoms with Gasteiger partial charge in [0.1, 0.15) is 38.2 Å². The van der Waals surface area contributed by atoms with E-state index < -0.39 is 36.5 Å². The van der Waals surface area contributed by atoms with Crippen LogP contribution in [-0.4, -0.2) is 129 Å². The van der Waals surface area contributed by atoms with E-state index in [0.29, 0.717) is 62.4 Å². The van der Waals surface area contributed by atoms with Gasteiger partial charge in [-0.25, -0.2) is 13.8 Å². The number of aryl methyl sites for hydroxylation is 2. The number of halogens is 2. The Bertz CT molecular complexity index is 2910. The number of hydrogen-bond donors (Lipinski definition) is 3. The molecule has 4 saturated heterocycles. The van der Waals surface area contributed by atoms with Crippen molar-refractivity contribution in [1.82, 2.24) is 29.7 Å². The summed E-state index contributed by atoms with van der Waals surface area (Å²) >= 11 is 0. The van der Waals surface area contributed by atoms with Gasteiger partial charge in [-0.1, -0.05) is 6.92 Å². The minimum atomic E-state index is -2.89. The van der Waals surface area contributed by atoms with Crippen molar-refractivity contribution in [3.63, 3.8) is 0 Å². The number of hydrogen-bond acceptors (Lipinski definition) is 13. The van der Waals surface area contributed by atoms with Gasteiger partial charge in [-0.3, -0.25) is 24.6 Å². The van der Waals surface area contributed by atoms with Gasteiger partial charge in [-0.2, -0.15) is 4.98 Å². The maximum atomic E-state index is 15.2. The number of piperazine rings is 1. The average molecular weight is 989 g/mol.